The SMILES string of the molecule is C[C@H](NC(=O)OC(C)(C)C)[C@H]1CCCN(C[C@H]2CCCCO2)C1. The molecule has 2 aliphatic rings. The Bertz CT molecular complexity index is 375. The lowest BCUT2D eigenvalue weighted by molar-refractivity contribution is -0.0145. The van der Waals surface area contributed by atoms with Crippen molar-refractivity contribution < 1.29 is 14.3 Å². The van der Waals surface area contributed by atoms with Crippen molar-refractivity contribution in [3.8, 4) is 0 Å². The van der Waals surface area contributed by atoms with Gasteiger partial charge in [0, 0.05) is 25.7 Å². The molecule has 5 nitrogen and oxygen atoms in total. The molecular formula is C18H34N2O3. The van der Waals surface area contributed by atoms with Crippen LogP contribution in [0.1, 0.15) is 59.8 Å². The third-order valence-corrected chi connectivity index (χ3v) is 4.73. The number of alkyl carbamates (subject to hydrolysis) is 1. The summed E-state index contributed by atoms with van der Waals surface area (Å²) < 4.78 is 11.2. The summed E-state index contributed by atoms with van der Waals surface area (Å²) in [6, 6.07) is 0.139. The lowest BCUT2D eigenvalue weighted by atomic mass is 9.91. The van der Waals surface area contributed by atoms with Crippen molar-refractivity contribution >= 4 is 6.09 Å². The van der Waals surface area contributed by atoms with E-state index in [1.54, 1.807) is 0 Å². The molecule has 2 saturated heterocycles. The van der Waals surface area contributed by atoms with Gasteiger partial charge >= 0.3 is 6.09 Å². The van der Waals surface area contributed by atoms with Gasteiger partial charge in [-0.1, -0.05) is 0 Å². The standard InChI is InChI=1S/C18H34N2O3/c1-14(19-17(21)23-18(2,3)4)15-8-7-10-20(12-15)13-16-9-5-6-11-22-16/h14-16H,5-13H2,1-4H3,(H,19,21)/t14-,15-,16+/m0/s1. The third kappa shape index (κ3) is 6.68. The summed E-state index contributed by atoms with van der Waals surface area (Å²) in [6.07, 6.45) is 6.13. The van der Waals surface area contributed by atoms with Crippen LogP contribution >= 0.6 is 0 Å². The highest BCUT2D eigenvalue weighted by atomic mass is 16.6. The van der Waals surface area contributed by atoms with E-state index in [1.165, 1.54) is 32.1 Å². The summed E-state index contributed by atoms with van der Waals surface area (Å²) >= 11 is 0. The number of piperidine rings is 1. The highest BCUT2D eigenvalue weighted by Crippen LogP contribution is 2.22. The van der Waals surface area contributed by atoms with Crippen LogP contribution in [0.3, 0.4) is 0 Å². The van der Waals surface area contributed by atoms with Crippen LogP contribution in [0.25, 0.3) is 0 Å². The van der Waals surface area contributed by atoms with E-state index >= 15 is 0 Å². The van der Waals surface area contributed by atoms with Gasteiger partial charge in [-0.2, -0.15) is 0 Å². The van der Waals surface area contributed by atoms with Crippen molar-refractivity contribution in [1.29, 1.82) is 0 Å². The quantitative estimate of drug-likeness (QED) is 0.862. The molecule has 0 aliphatic carbocycles. The van der Waals surface area contributed by atoms with Crippen LogP contribution in [-0.2, 0) is 9.47 Å². The fourth-order valence-electron chi connectivity index (χ4n) is 3.52. The van der Waals surface area contributed by atoms with E-state index in [0.717, 1.165) is 26.2 Å². The van der Waals surface area contributed by atoms with Crippen LogP contribution in [0.5, 0.6) is 0 Å². The minimum absolute atomic E-state index is 0.139. The number of carbonyl (C=O) groups is 1. The zero-order valence-corrected chi connectivity index (χ0v) is 15.3. The van der Waals surface area contributed by atoms with Gasteiger partial charge in [-0.3, -0.25) is 0 Å². The predicted octanol–water partition coefficient (Wildman–Crippen LogP) is 3.18. The second-order valence-corrected chi connectivity index (χ2v) is 8.09. The number of rotatable bonds is 4. The zero-order chi connectivity index (χ0) is 16.9. The highest BCUT2D eigenvalue weighted by Gasteiger charge is 2.28. The minimum atomic E-state index is -0.444. The second-order valence-electron chi connectivity index (χ2n) is 8.09. The molecule has 2 fully saturated rings. The number of nitrogens with one attached hydrogen (secondary N) is 1. The normalized spacial score (nSPS) is 28.2. The molecule has 1 amide bonds. The van der Waals surface area contributed by atoms with Crippen molar-refractivity contribution in [2.45, 2.75) is 77.5 Å². The van der Waals surface area contributed by atoms with Gasteiger partial charge in [-0.15, -0.1) is 0 Å². The van der Waals surface area contributed by atoms with Crippen LogP contribution in [0.15, 0.2) is 0 Å². The summed E-state index contributed by atoms with van der Waals surface area (Å²) in [7, 11) is 0. The molecule has 134 valence electrons. The van der Waals surface area contributed by atoms with Gasteiger partial charge in [-0.05, 0) is 72.3 Å². The van der Waals surface area contributed by atoms with Gasteiger partial charge in [0.2, 0.25) is 0 Å². The maximum Gasteiger partial charge on any atom is 0.407 e. The molecule has 2 rings (SSSR count). The smallest absolute Gasteiger partial charge is 0.407 e. The molecule has 0 aromatic heterocycles. The summed E-state index contributed by atoms with van der Waals surface area (Å²) in [6.45, 7) is 11.9. The first-order valence-electron chi connectivity index (χ1n) is 9.17. The predicted molar refractivity (Wildman–Crippen MR) is 91.6 cm³/mol. The number of amides is 1. The summed E-state index contributed by atoms with van der Waals surface area (Å²) in [4.78, 5) is 14.5. The Morgan fingerprint density at radius 1 is 1.30 bits per heavy atom. The molecule has 2 aliphatic heterocycles. The second kappa shape index (κ2) is 8.34. The maximum atomic E-state index is 11.9. The van der Waals surface area contributed by atoms with E-state index in [9.17, 15) is 4.79 Å². The van der Waals surface area contributed by atoms with E-state index < -0.39 is 5.60 Å². The molecule has 0 aromatic carbocycles. The van der Waals surface area contributed by atoms with Gasteiger partial charge in [-0.25, -0.2) is 4.79 Å². The minimum Gasteiger partial charge on any atom is -0.444 e. The molecule has 3 atom stereocenters. The first kappa shape index (κ1) is 18.5. The number of likely N-dealkylation sites (tertiary alicyclic amines) is 1. The third-order valence-electron chi connectivity index (χ3n) is 4.73. The number of carbonyl (C=O) groups excluding carboxylic acids is 1. The largest absolute Gasteiger partial charge is 0.444 e. The van der Waals surface area contributed by atoms with Crippen molar-refractivity contribution in [1.82, 2.24) is 10.2 Å². The van der Waals surface area contributed by atoms with E-state index in [-0.39, 0.29) is 12.1 Å². The van der Waals surface area contributed by atoms with E-state index in [2.05, 4.69) is 17.1 Å². The molecule has 0 saturated carbocycles. The summed E-state index contributed by atoms with van der Waals surface area (Å²) in [5.74, 6) is 0.486. The zero-order valence-electron chi connectivity index (χ0n) is 15.3. The first-order valence-corrected chi connectivity index (χ1v) is 9.17. The Hall–Kier alpha value is -0.810. The molecule has 0 radical (unpaired) electrons. The molecule has 0 unspecified atom stereocenters. The van der Waals surface area contributed by atoms with Crippen LogP contribution in [0, 0.1) is 5.92 Å². The maximum absolute atomic E-state index is 11.9. The van der Waals surface area contributed by atoms with E-state index in [0.29, 0.717) is 12.0 Å². The molecule has 0 bridgehead atoms. The lowest BCUT2D eigenvalue weighted by Crippen LogP contribution is -2.49. The van der Waals surface area contributed by atoms with Gasteiger partial charge in [0.1, 0.15) is 5.60 Å². The van der Waals surface area contributed by atoms with Gasteiger partial charge < -0.3 is 19.7 Å². The van der Waals surface area contributed by atoms with Crippen molar-refractivity contribution in [2.75, 3.05) is 26.2 Å². The molecule has 2 heterocycles. The number of nitrogens with zero attached hydrogens (tertiary/aromatic N) is 1. The van der Waals surface area contributed by atoms with Crippen LogP contribution in [0.2, 0.25) is 0 Å². The van der Waals surface area contributed by atoms with E-state index in [4.69, 9.17) is 9.47 Å². The van der Waals surface area contributed by atoms with Gasteiger partial charge in [0.05, 0.1) is 6.10 Å². The Labute approximate surface area is 141 Å². The first-order chi connectivity index (χ1) is 10.8. The Morgan fingerprint density at radius 2 is 2.09 bits per heavy atom. The molecule has 1 N–H and O–H groups in total. The van der Waals surface area contributed by atoms with Crippen LogP contribution < -0.4 is 5.32 Å². The van der Waals surface area contributed by atoms with Crippen molar-refractivity contribution in [2.24, 2.45) is 5.92 Å². The fraction of sp³-hybridized carbons (Fsp3) is 0.944. The molecule has 5 heteroatoms. The average molecular weight is 326 g/mol. The van der Waals surface area contributed by atoms with Crippen LogP contribution in [0.4, 0.5) is 4.79 Å². The van der Waals surface area contributed by atoms with Gasteiger partial charge in [0.25, 0.3) is 0 Å². The summed E-state index contributed by atoms with van der Waals surface area (Å²) in [5.41, 5.74) is -0.444. The number of hydrogen-bond acceptors (Lipinski definition) is 4. The summed E-state index contributed by atoms with van der Waals surface area (Å²) in [5, 5.41) is 3.01. The fourth-order valence-corrected chi connectivity index (χ4v) is 3.52. The monoisotopic (exact) mass is 326 g/mol. The number of ether oxygens (including phenoxy) is 2. The Kier molecular flexibility index (Phi) is 6.72. The van der Waals surface area contributed by atoms with E-state index in [1.807, 2.05) is 20.8 Å². The molecule has 0 aromatic rings. The Morgan fingerprint density at radius 3 is 2.74 bits per heavy atom. The van der Waals surface area contributed by atoms with Crippen LogP contribution in [-0.4, -0.2) is 55.0 Å². The molecular weight excluding hydrogens is 292 g/mol. The lowest BCUT2D eigenvalue weighted by Gasteiger charge is -2.38. The average Bonchev–Trinajstić information content (AvgIpc) is 2.46. The Balaban J connectivity index is 1.76. The van der Waals surface area contributed by atoms with Crippen molar-refractivity contribution in [3.05, 3.63) is 0 Å². The van der Waals surface area contributed by atoms with Crippen molar-refractivity contribution in [3.63, 3.8) is 0 Å². The topological polar surface area (TPSA) is 50.8 Å². The number of hydrogen-bond donors (Lipinski definition) is 1. The van der Waals surface area contributed by atoms with Gasteiger partial charge in [0.15, 0.2) is 0 Å². The highest BCUT2D eigenvalue weighted by molar-refractivity contribution is 5.68. The molecule has 0 spiro atoms. The molecule has 23 heavy (non-hydrogen) atoms.